The first-order chi connectivity index (χ1) is 5.33. The zero-order chi connectivity index (χ0) is 8.10. The van der Waals surface area contributed by atoms with Crippen molar-refractivity contribution < 1.29 is 9.53 Å². The van der Waals surface area contributed by atoms with Crippen LogP contribution in [0.5, 0.6) is 0 Å². The average Bonchev–Trinajstić information content (AvgIpc) is 2.52. The molecule has 3 nitrogen and oxygen atoms in total. The summed E-state index contributed by atoms with van der Waals surface area (Å²) in [7, 11) is 1.34. The molecule has 0 spiro atoms. The molecular weight excluding hydrogens is 162 g/mol. The van der Waals surface area contributed by atoms with Crippen LogP contribution in [-0.4, -0.2) is 18.1 Å². The van der Waals surface area contributed by atoms with Gasteiger partial charge in [0.25, 0.3) is 0 Å². The molecule has 0 aliphatic heterocycles. The molecule has 0 fully saturated rings. The molecule has 11 heavy (non-hydrogen) atoms. The smallest absolute Gasteiger partial charge is 0.330 e. The van der Waals surface area contributed by atoms with Gasteiger partial charge in [-0.3, -0.25) is 0 Å². The number of ether oxygens (including phenoxy) is 1. The van der Waals surface area contributed by atoms with E-state index in [1.165, 1.54) is 24.5 Å². The second kappa shape index (κ2) is 3.88. The molecule has 1 aromatic heterocycles. The van der Waals surface area contributed by atoms with Crippen molar-refractivity contribution in [1.29, 1.82) is 0 Å². The molecule has 1 heterocycles. The maximum Gasteiger partial charge on any atom is 0.330 e. The van der Waals surface area contributed by atoms with Gasteiger partial charge in [0.15, 0.2) is 0 Å². The second-order valence-electron chi connectivity index (χ2n) is 1.77. The molecule has 0 saturated carbocycles. The van der Waals surface area contributed by atoms with E-state index in [1.54, 1.807) is 11.6 Å². The van der Waals surface area contributed by atoms with Crippen LogP contribution in [0.15, 0.2) is 17.0 Å². The molecule has 0 amide bonds. The third kappa shape index (κ3) is 2.51. The first-order valence-corrected chi connectivity index (χ1v) is 3.91. The Morgan fingerprint density at radius 3 is 3.18 bits per heavy atom. The first kappa shape index (κ1) is 7.94. The van der Waals surface area contributed by atoms with Gasteiger partial charge in [-0.05, 0) is 6.08 Å². The van der Waals surface area contributed by atoms with Gasteiger partial charge in [0.05, 0.1) is 18.3 Å². The molecule has 0 unspecified atom stereocenters. The fourth-order valence-corrected chi connectivity index (χ4v) is 1.05. The third-order valence-electron chi connectivity index (χ3n) is 1.04. The molecule has 0 aliphatic carbocycles. The summed E-state index contributed by atoms with van der Waals surface area (Å²) in [6.07, 6.45) is 2.96. The summed E-state index contributed by atoms with van der Waals surface area (Å²) in [4.78, 5) is 14.5. The van der Waals surface area contributed by atoms with Crippen molar-refractivity contribution in [3.05, 3.63) is 22.7 Å². The number of hydrogen-bond acceptors (Lipinski definition) is 4. The standard InChI is InChI=1S/C7H7NO2S/c1-10-7(9)3-2-6-4-11-5-8-6/h2-5H,1H3. The van der Waals surface area contributed by atoms with Gasteiger partial charge >= 0.3 is 5.97 Å². The Hall–Kier alpha value is -1.16. The number of carbonyl (C=O) groups is 1. The Balaban J connectivity index is 2.55. The zero-order valence-corrected chi connectivity index (χ0v) is 6.80. The summed E-state index contributed by atoms with van der Waals surface area (Å²) in [6.45, 7) is 0. The van der Waals surface area contributed by atoms with Crippen molar-refractivity contribution in [2.24, 2.45) is 0 Å². The van der Waals surface area contributed by atoms with E-state index in [1.807, 2.05) is 5.38 Å². The number of nitrogens with zero attached hydrogens (tertiary/aromatic N) is 1. The van der Waals surface area contributed by atoms with Crippen molar-refractivity contribution in [3.8, 4) is 0 Å². The maximum atomic E-state index is 10.6. The van der Waals surface area contributed by atoms with E-state index in [0.717, 1.165) is 5.69 Å². The van der Waals surface area contributed by atoms with E-state index in [4.69, 9.17) is 0 Å². The zero-order valence-electron chi connectivity index (χ0n) is 5.98. The summed E-state index contributed by atoms with van der Waals surface area (Å²) in [5, 5.41) is 1.85. The number of esters is 1. The van der Waals surface area contributed by atoms with Gasteiger partial charge in [0.1, 0.15) is 0 Å². The highest BCUT2D eigenvalue weighted by Crippen LogP contribution is 2.02. The lowest BCUT2D eigenvalue weighted by Crippen LogP contribution is -1.93. The summed E-state index contributed by atoms with van der Waals surface area (Å²) in [5.74, 6) is -0.363. The van der Waals surface area contributed by atoms with Gasteiger partial charge < -0.3 is 4.74 Å². The summed E-state index contributed by atoms with van der Waals surface area (Å²) in [5.41, 5.74) is 2.48. The van der Waals surface area contributed by atoms with Crippen molar-refractivity contribution in [3.63, 3.8) is 0 Å². The van der Waals surface area contributed by atoms with E-state index in [0.29, 0.717) is 0 Å². The van der Waals surface area contributed by atoms with Crippen LogP contribution in [0.25, 0.3) is 6.08 Å². The SMILES string of the molecule is COC(=O)C=Cc1cscn1. The number of hydrogen-bond donors (Lipinski definition) is 0. The Morgan fingerprint density at radius 1 is 1.82 bits per heavy atom. The predicted molar refractivity (Wildman–Crippen MR) is 43.2 cm³/mol. The maximum absolute atomic E-state index is 10.6. The summed E-state index contributed by atoms with van der Waals surface area (Å²) < 4.78 is 4.40. The van der Waals surface area contributed by atoms with Gasteiger partial charge in [-0.1, -0.05) is 0 Å². The second-order valence-corrected chi connectivity index (χ2v) is 2.49. The van der Waals surface area contributed by atoms with Crippen molar-refractivity contribution in [1.82, 2.24) is 4.98 Å². The minimum atomic E-state index is -0.363. The van der Waals surface area contributed by atoms with Crippen LogP contribution in [0.1, 0.15) is 5.69 Å². The molecule has 1 aromatic rings. The summed E-state index contributed by atoms with van der Waals surface area (Å²) >= 11 is 1.48. The fourth-order valence-electron chi connectivity index (χ4n) is 0.526. The quantitative estimate of drug-likeness (QED) is 0.495. The van der Waals surface area contributed by atoms with Crippen molar-refractivity contribution in [2.75, 3.05) is 7.11 Å². The molecule has 1 rings (SSSR count). The normalized spacial score (nSPS) is 10.3. The van der Waals surface area contributed by atoms with Gasteiger partial charge in [0, 0.05) is 11.5 Å². The highest BCUT2D eigenvalue weighted by Gasteiger charge is 1.91. The van der Waals surface area contributed by atoms with E-state index in [2.05, 4.69) is 9.72 Å². The lowest BCUT2D eigenvalue weighted by molar-refractivity contribution is -0.134. The number of carbonyl (C=O) groups excluding carboxylic acids is 1. The van der Waals surface area contributed by atoms with E-state index in [9.17, 15) is 4.79 Å². The topological polar surface area (TPSA) is 39.2 Å². The van der Waals surface area contributed by atoms with Gasteiger partial charge in [-0.15, -0.1) is 11.3 Å². The van der Waals surface area contributed by atoms with E-state index >= 15 is 0 Å². The van der Waals surface area contributed by atoms with Crippen molar-refractivity contribution in [2.45, 2.75) is 0 Å². The van der Waals surface area contributed by atoms with Crippen LogP contribution in [0.2, 0.25) is 0 Å². The molecule has 0 aromatic carbocycles. The van der Waals surface area contributed by atoms with E-state index in [-0.39, 0.29) is 5.97 Å². The van der Waals surface area contributed by atoms with Gasteiger partial charge in [-0.2, -0.15) is 0 Å². The molecule has 4 heteroatoms. The van der Waals surface area contributed by atoms with Crippen LogP contribution in [0, 0.1) is 0 Å². The monoisotopic (exact) mass is 169 g/mol. The fraction of sp³-hybridized carbons (Fsp3) is 0.143. The minimum absolute atomic E-state index is 0.363. The largest absolute Gasteiger partial charge is 0.466 e. The Labute approximate surface area is 68.3 Å². The molecule has 58 valence electrons. The lowest BCUT2D eigenvalue weighted by Gasteiger charge is -1.86. The Bertz CT molecular complexity index is 253. The summed E-state index contributed by atoms with van der Waals surface area (Å²) in [6, 6.07) is 0. The number of methoxy groups -OCH3 is 1. The van der Waals surface area contributed by atoms with Crippen LogP contribution < -0.4 is 0 Å². The van der Waals surface area contributed by atoms with E-state index < -0.39 is 0 Å². The number of aromatic nitrogens is 1. The van der Waals surface area contributed by atoms with Crippen LogP contribution in [0.4, 0.5) is 0 Å². The van der Waals surface area contributed by atoms with Crippen LogP contribution in [0.3, 0.4) is 0 Å². The molecule has 0 radical (unpaired) electrons. The number of rotatable bonds is 2. The Kier molecular flexibility index (Phi) is 2.80. The highest BCUT2D eigenvalue weighted by atomic mass is 32.1. The molecule has 0 aliphatic rings. The molecule has 0 atom stereocenters. The van der Waals surface area contributed by atoms with Crippen LogP contribution >= 0.6 is 11.3 Å². The molecule has 0 saturated heterocycles. The predicted octanol–water partition coefficient (Wildman–Crippen LogP) is 1.33. The Morgan fingerprint density at radius 2 is 2.64 bits per heavy atom. The molecular formula is C7H7NO2S. The number of thiazole rings is 1. The van der Waals surface area contributed by atoms with Gasteiger partial charge in [0.2, 0.25) is 0 Å². The first-order valence-electron chi connectivity index (χ1n) is 2.97. The van der Waals surface area contributed by atoms with Crippen LogP contribution in [-0.2, 0) is 9.53 Å². The average molecular weight is 169 g/mol. The van der Waals surface area contributed by atoms with Crippen molar-refractivity contribution >= 4 is 23.4 Å². The third-order valence-corrected chi connectivity index (χ3v) is 1.65. The minimum Gasteiger partial charge on any atom is -0.466 e. The van der Waals surface area contributed by atoms with Gasteiger partial charge in [-0.25, -0.2) is 9.78 Å². The molecule has 0 bridgehead atoms. The molecule has 0 N–H and O–H groups in total. The highest BCUT2D eigenvalue weighted by molar-refractivity contribution is 7.07. The lowest BCUT2D eigenvalue weighted by atomic mass is 10.4.